The molecule has 0 aliphatic carbocycles. The Morgan fingerprint density at radius 1 is 1.37 bits per heavy atom. The summed E-state index contributed by atoms with van der Waals surface area (Å²) in [4.78, 5) is 34.1. The van der Waals surface area contributed by atoms with Crippen molar-refractivity contribution in [3.8, 4) is 0 Å². The van der Waals surface area contributed by atoms with Crippen molar-refractivity contribution in [3.63, 3.8) is 0 Å². The maximum Gasteiger partial charge on any atom is 0.271 e. The van der Waals surface area contributed by atoms with E-state index in [4.69, 9.17) is 11.6 Å². The van der Waals surface area contributed by atoms with Crippen LogP contribution >= 0.6 is 11.6 Å². The van der Waals surface area contributed by atoms with Crippen LogP contribution in [0, 0.1) is 5.92 Å². The molecule has 2 amide bonds. The zero-order valence-corrected chi connectivity index (χ0v) is 10.5. The number of nitrogens with zero attached hydrogens (tertiary/aromatic N) is 1. The quantitative estimate of drug-likeness (QED) is 0.815. The molecule has 7 heteroatoms. The van der Waals surface area contributed by atoms with Gasteiger partial charge in [-0.15, -0.1) is 0 Å². The van der Waals surface area contributed by atoms with Gasteiger partial charge < -0.3 is 9.90 Å². The van der Waals surface area contributed by atoms with E-state index in [1.165, 1.54) is 6.07 Å². The maximum absolute atomic E-state index is 11.9. The molecule has 1 atom stereocenters. The molecule has 6 nitrogen and oxygen atoms in total. The van der Waals surface area contributed by atoms with E-state index in [1.54, 1.807) is 18.2 Å². The van der Waals surface area contributed by atoms with E-state index >= 15 is 0 Å². The van der Waals surface area contributed by atoms with Crippen LogP contribution in [-0.2, 0) is 9.59 Å². The fraction of sp³-hybridized carbons (Fsp3) is 0.250. The van der Waals surface area contributed by atoms with E-state index in [1.807, 2.05) is 0 Å². The summed E-state index contributed by atoms with van der Waals surface area (Å²) in [5, 5.41) is 11.9. The van der Waals surface area contributed by atoms with E-state index in [0.29, 0.717) is 0 Å². The molecule has 1 aromatic rings. The van der Waals surface area contributed by atoms with E-state index in [-0.39, 0.29) is 23.6 Å². The van der Waals surface area contributed by atoms with Gasteiger partial charge in [-0.25, -0.2) is 0 Å². The predicted molar refractivity (Wildman–Crippen MR) is 63.7 cm³/mol. The average molecular weight is 282 g/mol. The highest BCUT2D eigenvalue weighted by molar-refractivity contribution is 6.33. The largest absolute Gasteiger partial charge is 0.550 e. The van der Waals surface area contributed by atoms with Crippen molar-refractivity contribution < 1.29 is 19.5 Å². The van der Waals surface area contributed by atoms with Crippen LogP contribution in [0.5, 0.6) is 0 Å². The number of carbonyl (C=O) groups is 3. The predicted octanol–water partition coefficient (Wildman–Crippen LogP) is -0.417. The third-order valence-electron chi connectivity index (χ3n) is 2.81. The van der Waals surface area contributed by atoms with Crippen molar-refractivity contribution in [2.45, 2.75) is 6.42 Å². The number of amides is 2. The van der Waals surface area contributed by atoms with Gasteiger partial charge in [-0.1, -0.05) is 23.7 Å². The molecule has 100 valence electrons. The number of carboxylic acids is 1. The molecule has 0 unspecified atom stereocenters. The maximum atomic E-state index is 11.9. The minimum atomic E-state index is -1.30. The van der Waals surface area contributed by atoms with Gasteiger partial charge in [0.25, 0.3) is 5.91 Å². The van der Waals surface area contributed by atoms with Crippen LogP contribution in [-0.4, -0.2) is 29.3 Å². The number of nitrogens with one attached hydrogen (secondary N) is 1. The number of hydrazine groups is 1. The van der Waals surface area contributed by atoms with Crippen LogP contribution in [0.2, 0.25) is 5.02 Å². The van der Waals surface area contributed by atoms with Crippen LogP contribution in [0.3, 0.4) is 0 Å². The van der Waals surface area contributed by atoms with Crippen LogP contribution < -0.4 is 10.5 Å². The number of carboxylic acid groups (broad SMARTS) is 1. The molecule has 0 bridgehead atoms. The van der Waals surface area contributed by atoms with E-state index in [2.05, 4.69) is 5.43 Å². The third kappa shape index (κ3) is 2.85. The van der Waals surface area contributed by atoms with Crippen molar-refractivity contribution in [1.82, 2.24) is 10.4 Å². The average Bonchev–Trinajstić information content (AvgIpc) is 2.71. The molecule has 2 rings (SSSR count). The van der Waals surface area contributed by atoms with Gasteiger partial charge in [0.2, 0.25) is 5.91 Å². The normalized spacial score (nSPS) is 18.5. The van der Waals surface area contributed by atoms with Gasteiger partial charge in [-0.2, -0.15) is 0 Å². The number of aliphatic carboxylic acids is 1. The Kier molecular flexibility index (Phi) is 3.71. The van der Waals surface area contributed by atoms with Crippen molar-refractivity contribution in [1.29, 1.82) is 0 Å². The summed E-state index contributed by atoms with van der Waals surface area (Å²) in [5.41, 5.74) is 2.56. The lowest BCUT2D eigenvalue weighted by Crippen LogP contribution is -2.44. The molecule has 19 heavy (non-hydrogen) atoms. The molecular formula is C12H10ClN2O4-. The molecule has 1 fully saturated rings. The lowest BCUT2D eigenvalue weighted by molar-refractivity contribution is -0.311. The number of halogens is 1. The Morgan fingerprint density at radius 3 is 2.63 bits per heavy atom. The fourth-order valence-electron chi connectivity index (χ4n) is 1.80. The first-order valence-corrected chi connectivity index (χ1v) is 5.93. The summed E-state index contributed by atoms with van der Waals surface area (Å²) in [7, 11) is 0. The smallest absolute Gasteiger partial charge is 0.271 e. The zero-order chi connectivity index (χ0) is 14.0. The van der Waals surface area contributed by atoms with Gasteiger partial charge in [0.1, 0.15) is 0 Å². The van der Waals surface area contributed by atoms with Gasteiger partial charge in [0.15, 0.2) is 0 Å². The number of hydrogen-bond donors (Lipinski definition) is 1. The minimum Gasteiger partial charge on any atom is -0.550 e. The summed E-state index contributed by atoms with van der Waals surface area (Å²) >= 11 is 5.85. The minimum absolute atomic E-state index is 0.0998. The van der Waals surface area contributed by atoms with E-state index < -0.39 is 23.7 Å². The zero-order valence-electron chi connectivity index (χ0n) is 9.76. The first-order chi connectivity index (χ1) is 8.99. The molecule has 0 spiro atoms. The molecule has 1 aromatic carbocycles. The Labute approximate surface area is 113 Å². The van der Waals surface area contributed by atoms with Crippen molar-refractivity contribution in [2.24, 2.45) is 5.92 Å². The highest BCUT2D eigenvalue weighted by Crippen LogP contribution is 2.18. The summed E-state index contributed by atoms with van der Waals surface area (Å²) in [6.45, 7) is -0.0998. The molecular weight excluding hydrogens is 272 g/mol. The molecule has 1 N–H and O–H groups in total. The molecule has 1 aliphatic rings. The van der Waals surface area contributed by atoms with Gasteiger partial charge in [0.05, 0.1) is 17.1 Å². The summed E-state index contributed by atoms with van der Waals surface area (Å²) in [6.07, 6.45) is -0.175. The van der Waals surface area contributed by atoms with Gasteiger partial charge >= 0.3 is 0 Å². The van der Waals surface area contributed by atoms with E-state index in [0.717, 1.165) is 5.01 Å². The highest BCUT2D eigenvalue weighted by Gasteiger charge is 2.31. The fourth-order valence-corrected chi connectivity index (χ4v) is 2.02. The van der Waals surface area contributed by atoms with Crippen LogP contribution in [0.4, 0.5) is 0 Å². The number of carbonyl (C=O) groups excluding carboxylic acids is 3. The van der Waals surface area contributed by atoms with Crippen molar-refractivity contribution in [3.05, 3.63) is 34.9 Å². The number of hydrogen-bond acceptors (Lipinski definition) is 4. The van der Waals surface area contributed by atoms with Crippen molar-refractivity contribution >= 4 is 29.4 Å². The SMILES string of the molecule is O=C(NN1C[C@H](C(=O)[O-])CC1=O)c1ccccc1Cl. The molecule has 0 radical (unpaired) electrons. The summed E-state index contributed by atoms with van der Waals surface area (Å²) in [6, 6.07) is 6.36. The second-order valence-electron chi connectivity index (χ2n) is 4.15. The topological polar surface area (TPSA) is 89.5 Å². The first-order valence-electron chi connectivity index (χ1n) is 5.55. The molecule has 0 saturated carbocycles. The Hall–Kier alpha value is -2.08. The van der Waals surface area contributed by atoms with Crippen LogP contribution in [0.1, 0.15) is 16.8 Å². The molecule has 1 saturated heterocycles. The molecule has 1 heterocycles. The lowest BCUT2D eigenvalue weighted by Gasteiger charge is -2.18. The second-order valence-corrected chi connectivity index (χ2v) is 4.55. The first kappa shape index (κ1) is 13.4. The van der Waals surface area contributed by atoms with Crippen molar-refractivity contribution in [2.75, 3.05) is 6.54 Å². The van der Waals surface area contributed by atoms with Crippen LogP contribution in [0.25, 0.3) is 0 Å². The van der Waals surface area contributed by atoms with Gasteiger partial charge in [-0.05, 0) is 12.1 Å². The van der Waals surface area contributed by atoms with Gasteiger partial charge in [-0.3, -0.25) is 20.0 Å². The highest BCUT2D eigenvalue weighted by atomic mass is 35.5. The Bertz CT molecular complexity index is 546. The van der Waals surface area contributed by atoms with E-state index in [9.17, 15) is 19.5 Å². The monoisotopic (exact) mass is 281 g/mol. The van der Waals surface area contributed by atoms with Crippen LogP contribution in [0.15, 0.2) is 24.3 Å². The Balaban J connectivity index is 2.06. The number of rotatable bonds is 3. The third-order valence-corrected chi connectivity index (χ3v) is 3.14. The second kappa shape index (κ2) is 5.27. The summed E-state index contributed by atoms with van der Waals surface area (Å²) in [5.74, 6) is -3.23. The lowest BCUT2D eigenvalue weighted by atomic mass is 10.1. The standard InChI is InChI=1S/C12H11ClN2O4/c13-9-4-2-1-3-8(9)11(17)14-15-6-7(12(18)19)5-10(15)16/h1-4,7H,5-6H2,(H,14,17)(H,18,19)/p-1/t7-/m1/s1. The summed E-state index contributed by atoms with van der Waals surface area (Å²) < 4.78 is 0. The molecule has 1 aliphatic heterocycles. The van der Waals surface area contributed by atoms with Gasteiger partial charge in [0, 0.05) is 18.3 Å². The number of benzene rings is 1. The Morgan fingerprint density at radius 2 is 2.05 bits per heavy atom. The molecule has 0 aromatic heterocycles.